The number of aliphatic imine (C=N–C) groups is 1. The van der Waals surface area contributed by atoms with Crippen LogP contribution in [-0.2, 0) is 6.42 Å². The van der Waals surface area contributed by atoms with E-state index in [2.05, 4.69) is 10.1 Å². The number of para-hydroxylation sites is 1. The van der Waals surface area contributed by atoms with E-state index in [1.807, 2.05) is 37.3 Å². The Morgan fingerprint density at radius 2 is 2.00 bits per heavy atom. The Balaban J connectivity index is 2.44. The zero-order valence-electron chi connectivity index (χ0n) is 10.6. The molecule has 2 aromatic rings. The summed E-state index contributed by atoms with van der Waals surface area (Å²) in [6.07, 6.45) is 2.27. The highest BCUT2D eigenvalue weighted by Gasteiger charge is 2.15. The number of guanidine groups is 1. The number of amides is 1. The number of benzene rings is 1. The number of aryl methyl sites for hydroxylation is 1. The minimum absolute atomic E-state index is 0.250. The van der Waals surface area contributed by atoms with Crippen molar-refractivity contribution in [1.29, 1.82) is 0 Å². The number of nitrogens with two attached hydrogens (primary N) is 2. The van der Waals surface area contributed by atoms with E-state index in [0.29, 0.717) is 17.7 Å². The molecular weight excluding hydrogens is 242 g/mol. The van der Waals surface area contributed by atoms with Crippen molar-refractivity contribution in [2.24, 2.45) is 16.5 Å². The molecule has 1 amide bonds. The number of rotatable bonds is 3. The van der Waals surface area contributed by atoms with Crippen molar-refractivity contribution in [3.05, 3.63) is 47.8 Å². The highest BCUT2D eigenvalue weighted by molar-refractivity contribution is 6.02. The molecule has 19 heavy (non-hydrogen) atoms. The van der Waals surface area contributed by atoms with Gasteiger partial charge in [0.2, 0.25) is 0 Å². The number of hydrogen-bond donors (Lipinski definition) is 2. The maximum atomic E-state index is 11.9. The molecule has 0 saturated heterocycles. The molecule has 0 unspecified atom stereocenters. The molecule has 0 aliphatic carbocycles. The van der Waals surface area contributed by atoms with E-state index in [1.165, 1.54) is 0 Å². The molecule has 6 nitrogen and oxygen atoms in total. The summed E-state index contributed by atoms with van der Waals surface area (Å²) in [4.78, 5) is 15.4. The van der Waals surface area contributed by atoms with Gasteiger partial charge in [0.05, 0.1) is 16.9 Å². The maximum Gasteiger partial charge on any atom is 0.283 e. The quantitative estimate of drug-likeness (QED) is 0.629. The average molecular weight is 257 g/mol. The predicted molar refractivity (Wildman–Crippen MR) is 73.1 cm³/mol. The van der Waals surface area contributed by atoms with Crippen molar-refractivity contribution in [3.8, 4) is 5.69 Å². The monoisotopic (exact) mass is 257 g/mol. The molecule has 1 aromatic carbocycles. The van der Waals surface area contributed by atoms with Crippen LogP contribution in [0.3, 0.4) is 0 Å². The molecule has 0 fully saturated rings. The molecule has 98 valence electrons. The second-order valence-electron chi connectivity index (χ2n) is 3.96. The Labute approximate surface area is 110 Å². The fourth-order valence-electron chi connectivity index (χ4n) is 1.74. The van der Waals surface area contributed by atoms with Crippen molar-refractivity contribution in [3.63, 3.8) is 0 Å². The van der Waals surface area contributed by atoms with Gasteiger partial charge in [0.1, 0.15) is 0 Å². The average Bonchev–Trinajstić information content (AvgIpc) is 2.83. The Kier molecular flexibility index (Phi) is 3.61. The van der Waals surface area contributed by atoms with E-state index < -0.39 is 5.91 Å². The summed E-state index contributed by atoms with van der Waals surface area (Å²) in [7, 11) is 0. The standard InChI is InChI=1S/C13H15N5O/c1-2-11-10(12(19)16-13(14)15)8-18(17-11)9-6-4-3-5-7-9/h3-8H,2H2,1H3,(H4,14,15,16,19). The van der Waals surface area contributed by atoms with E-state index in [1.54, 1.807) is 10.9 Å². The SMILES string of the molecule is CCc1nn(-c2ccccc2)cc1C(=O)N=C(N)N. The smallest absolute Gasteiger partial charge is 0.283 e. The summed E-state index contributed by atoms with van der Waals surface area (Å²) in [6.45, 7) is 1.92. The molecule has 4 N–H and O–H groups in total. The minimum atomic E-state index is -0.473. The number of carbonyl (C=O) groups is 1. The molecule has 6 heteroatoms. The van der Waals surface area contributed by atoms with Gasteiger partial charge >= 0.3 is 0 Å². The van der Waals surface area contributed by atoms with Crippen LogP contribution < -0.4 is 11.5 Å². The summed E-state index contributed by atoms with van der Waals surface area (Å²) in [5, 5.41) is 4.37. The summed E-state index contributed by atoms with van der Waals surface area (Å²) in [5.41, 5.74) is 12.4. The Bertz CT molecular complexity index is 611. The zero-order chi connectivity index (χ0) is 13.8. The first-order valence-electron chi connectivity index (χ1n) is 5.89. The van der Waals surface area contributed by atoms with Gasteiger partial charge in [0.15, 0.2) is 5.96 Å². The molecule has 0 spiro atoms. The molecule has 0 aliphatic rings. The Morgan fingerprint density at radius 3 is 2.58 bits per heavy atom. The van der Waals surface area contributed by atoms with Gasteiger partial charge in [-0.25, -0.2) is 4.68 Å². The molecule has 1 aromatic heterocycles. The van der Waals surface area contributed by atoms with Gasteiger partial charge in [0.25, 0.3) is 5.91 Å². The summed E-state index contributed by atoms with van der Waals surface area (Å²) < 4.78 is 1.65. The molecule has 0 saturated carbocycles. The maximum absolute atomic E-state index is 11.9. The van der Waals surface area contributed by atoms with Crippen LogP contribution in [0.25, 0.3) is 5.69 Å². The molecule has 0 bridgehead atoms. The van der Waals surface area contributed by atoms with Crippen molar-refractivity contribution < 1.29 is 4.79 Å². The highest BCUT2D eigenvalue weighted by Crippen LogP contribution is 2.14. The number of nitrogens with zero attached hydrogens (tertiary/aromatic N) is 3. The van der Waals surface area contributed by atoms with Crippen LogP contribution >= 0.6 is 0 Å². The minimum Gasteiger partial charge on any atom is -0.370 e. The van der Waals surface area contributed by atoms with Gasteiger partial charge in [0, 0.05) is 6.20 Å². The summed E-state index contributed by atoms with van der Waals surface area (Å²) in [6, 6.07) is 9.53. The van der Waals surface area contributed by atoms with Crippen molar-refractivity contribution >= 4 is 11.9 Å². The van der Waals surface area contributed by atoms with Crippen LogP contribution in [0.4, 0.5) is 0 Å². The molecular formula is C13H15N5O. The van der Waals surface area contributed by atoms with Crippen LogP contribution in [0, 0.1) is 0 Å². The topological polar surface area (TPSA) is 99.3 Å². The van der Waals surface area contributed by atoms with E-state index in [4.69, 9.17) is 11.5 Å². The molecule has 2 rings (SSSR count). The molecule has 1 heterocycles. The van der Waals surface area contributed by atoms with Crippen LogP contribution in [0.1, 0.15) is 23.0 Å². The van der Waals surface area contributed by atoms with Crippen molar-refractivity contribution in [2.45, 2.75) is 13.3 Å². The Morgan fingerprint density at radius 1 is 1.32 bits per heavy atom. The van der Waals surface area contributed by atoms with Gasteiger partial charge in [-0.3, -0.25) is 4.79 Å². The highest BCUT2D eigenvalue weighted by atomic mass is 16.1. The number of aromatic nitrogens is 2. The van der Waals surface area contributed by atoms with Crippen LogP contribution in [-0.4, -0.2) is 21.6 Å². The first-order chi connectivity index (χ1) is 9.11. The van der Waals surface area contributed by atoms with Crippen molar-refractivity contribution in [2.75, 3.05) is 0 Å². The largest absolute Gasteiger partial charge is 0.370 e. The lowest BCUT2D eigenvalue weighted by Crippen LogP contribution is -2.24. The molecule has 0 atom stereocenters. The lowest BCUT2D eigenvalue weighted by molar-refractivity contribution is 0.100. The third kappa shape index (κ3) is 2.79. The second kappa shape index (κ2) is 5.34. The van der Waals surface area contributed by atoms with E-state index >= 15 is 0 Å². The molecule has 0 aliphatic heterocycles. The fourth-order valence-corrected chi connectivity index (χ4v) is 1.74. The predicted octanol–water partition coefficient (Wildman–Crippen LogP) is 0.848. The Hall–Kier alpha value is -2.63. The normalized spacial score (nSPS) is 10.2. The lowest BCUT2D eigenvalue weighted by Gasteiger charge is -1.98. The van der Waals surface area contributed by atoms with Crippen molar-refractivity contribution in [1.82, 2.24) is 9.78 Å². The van der Waals surface area contributed by atoms with Gasteiger partial charge in [-0.15, -0.1) is 0 Å². The van der Waals surface area contributed by atoms with Gasteiger partial charge < -0.3 is 11.5 Å². The van der Waals surface area contributed by atoms with E-state index in [-0.39, 0.29) is 5.96 Å². The summed E-state index contributed by atoms with van der Waals surface area (Å²) in [5.74, 6) is -0.724. The van der Waals surface area contributed by atoms with Gasteiger partial charge in [-0.05, 0) is 18.6 Å². The third-order valence-electron chi connectivity index (χ3n) is 2.61. The van der Waals surface area contributed by atoms with Crippen LogP contribution in [0.5, 0.6) is 0 Å². The first-order valence-corrected chi connectivity index (χ1v) is 5.89. The summed E-state index contributed by atoms with van der Waals surface area (Å²) >= 11 is 0. The first kappa shape index (κ1) is 12.8. The van der Waals surface area contributed by atoms with Gasteiger partial charge in [-0.1, -0.05) is 25.1 Å². The molecule has 0 radical (unpaired) electrons. The second-order valence-corrected chi connectivity index (χ2v) is 3.96. The van der Waals surface area contributed by atoms with E-state index in [9.17, 15) is 4.79 Å². The van der Waals surface area contributed by atoms with Crippen LogP contribution in [0.15, 0.2) is 41.5 Å². The van der Waals surface area contributed by atoms with E-state index in [0.717, 1.165) is 5.69 Å². The fraction of sp³-hybridized carbons (Fsp3) is 0.154. The van der Waals surface area contributed by atoms with Gasteiger partial charge in [-0.2, -0.15) is 10.1 Å². The van der Waals surface area contributed by atoms with Crippen LogP contribution in [0.2, 0.25) is 0 Å². The number of hydrogen-bond acceptors (Lipinski definition) is 2. The number of carbonyl (C=O) groups excluding carboxylic acids is 1. The third-order valence-corrected chi connectivity index (χ3v) is 2.61. The zero-order valence-corrected chi connectivity index (χ0v) is 10.6. The lowest BCUT2D eigenvalue weighted by atomic mass is 10.2.